The highest BCUT2D eigenvalue weighted by atomic mass is 16.5. The molecule has 19 heavy (non-hydrogen) atoms. The maximum atomic E-state index is 12.1. The van der Waals surface area contributed by atoms with E-state index in [1.807, 2.05) is 14.0 Å². The molecular weight excluding hydrogens is 240 g/mol. The lowest BCUT2D eigenvalue weighted by atomic mass is 9.97. The lowest BCUT2D eigenvalue weighted by Gasteiger charge is -2.29. The number of carbonyl (C=O) groups is 1. The first-order valence-electron chi connectivity index (χ1n) is 7.51. The van der Waals surface area contributed by atoms with Gasteiger partial charge in [-0.3, -0.25) is 4.79 Å². The van der Waals surface area contributed by atoms with E-state index in [0.717, 1.165) is 31.7 Å². The molecule has 0 aliphatic heterocycles. The number of ether oxygens (including phenoxy) is 1. The van der Waals surface area contributed by atoms with Crippen LogP contribution in [0.5, 0.6) is 0 Å². The lowest BCUT2D eigenvalue weighted by Crippen LogP contribution is -2.50. The molecule has 1 N–H and O–H groups in total. The minimum atomic E-state index is -0.466. The molecule has 0 saturated heterocycles. The van der Waals surface area contributed by atoms with Crippen LogP contribution in [0.4, 0.5) is 0 Å². The van der Waals surface area contributed by atoms with Gasteiger partial charge in [-0.25, -0.2) is 0 Å². The van der Waals surface area contributed by atoms with E-state index in [1.54, 1.807) is 0 Å². The van der Waals surface area contributed by atoms with Crippen LogP contribution in [-0.2, 0) is 9.53 Å². The van der Waals surface area contributed by atoms with Gasteiger partial charge in [0.1, 0.15) is 5.54 Å². The Kier molecular flexibility index (Phi) is 6.27. The second-order valence-corrected chi connectivity index (χ2v) is 6.11. The van der Waals surface area contributed by atoms with Gasteiger partial charge in [0.2, 0.25) is 0 Å². The van der Waals surface area contributed by atoms with Crippen LogP contribution in [-0.4, -0.2) is 49.7 Å². The monoisotopic (exact) mass is 270 g/mol. The first-order valence-corrected chi connectivity index (χ1v) is 7.51. The molecule has 4 nitrogen and oxygen atoms in total. The second kappa shape index (κ2) is 7.25. The highest BCUT2D eigenvalue weighted by Gasteiger charge is 2.46. The number of hydrogen-bond donors (Lipinski definition) is 1. The molecule has 2 unspecified atom stereocenters. The van der Waals surface area contributed by atoms with Gasteiger partial charge in [-0.1, -0.05) is 13.8 Å². The first kappa shape index (κ1) is 16.4. The number of nitrogens with one attached hydrogen (secondary N) is 1. The van der Waals surface area contributed by atoms with Gasteiger partial charge in [0, 0.05) is 6.04 Å². The number of likely N-dealkylation sites (N-methyl/N-ethyl adjacent to an activating group) is 1. The highest BCUT2D eigenvalue weighted by molar-refractivity contribution is 5.81. The molecule has 0 spiro atoms. The fraction of sp³-hybridized carbons (Fsp3) is 0.933. The van der Waals surface area contributed by atoms with E-state index >= 15 is 0 Å². The van der Waals surface area contributed by atoms with Crippen LogP contribution in [0, 0.1) is 5.92 Å². The van der Waals surface area contributed by atoms with Crippen molar-refractivity contribution in [2.45, 2.75) is 58.0 Å². The predicted molar refractivity (Wildman–Crippen MR) is 78.1 cm³/mol. The van der Waals surface area contributed by atoms with Crippen molar-refractivity contribution in [3.8, 4) is 0 Å². The molecule has 1 rings (SSSR count). The summed E-state index contributed by atoms with van der Waals surface area (Å²) in [4.78, 5) is 14.5. The van der Waals surface area contributed by atoms with Crippen LogP contribution < -0.4 is 5.32 Å². The fourth-order valence-corrected chi connectivity index (χ4v) is 2.82. The predicted octanol–water partition coefficient (Wildman–Crippen LogP) is 2.04. The summed E-state index contributed by atoms with van der Waals surface area (Å²) in [6.45, 7) is 7.92. The van der Waals surface area contributed by atoms with Crippen molar-refractivity contribution in [1.29, 1.82) is 0 Å². The van der Waals surface area contributed by atoms with Gasteiger partial charge < -0.3 is 15.0 Å². The van der Waals surface area contributed by atoms with Crippen molar-refractivity contribution < 1.29 is 9.53 Å². The Morgan fingerprint density at radius 2 is 2.21 bits per heavy atom. The van der Waals surface area contributed by atoms with Crippen LogP contribution >= 0.6 is 0 Å². The minimum Gasteiger partial charge on any atom is -0.465 e. The van der Waals surface area contributed by atoms with Crippen LogP contribution in [0.25, 0.3) is 0 Å². The third-order valence-electron chi connectivity index (χ3n) is 4.32. The summed E-state index contributed by atoms with van der Waals surface area (Å²) in [6, 6.07) is 0.482. The molecule has 0 heterocycles. The number of hydrogen-bond acceptors (Lipinski definition) is 4. The van der Waals surface area contributed by atoms with Gasteiger partial charge in [-0.05, 0) is 59.2 Å². The summed E-state index contributed by atoms with van der Waals surface area (Å²) in [6.07, 6.45) is 4.00. The highest BCUT2D eigenvalue weighted by Crippen LogP contribution is 2.33. The van der Waals surface area contributed by atoms with Crippen LogP contribution in [0.1, 0.15) is 46.5 Å². The summed E-state index contributed by atoms with van der Waals surface area (Å²) in [7, 11) is 4.04. The zero-order valence-electron chi connectivity index (χ0n) is 13.2. The van der Waals surface area contributed by atoms with Gasteiger partial charge in [0.25, 0.3) is 0 Å². The Bertz CT molecular complexity index is 294. The topological polar surface area (TPSA) is 41.6 Å². The SMILES string of the molecule is CCOC(=O)C1(NC)CCC(N(C)CCC(C)C)C1. The molecule has 112 valence electrons. The third kappa shape index (κ3) is 4.18. The number of esters is 1. The van der Waals surface area contributed by atoms with E-state index < -0.39 is 5.54 Å². The van der Waals surface area contributed by atoms with Gasteiger partial charge in [-0.2, -0.15) is 0 Å². The van der Waals surface area contributed by atoms with Crippen molar-refractivity contribution in [2.75, 3.05) is 27.2 Å². The van der Waals surface area contributed by atoms with Crippen molar-refractivity contribution in [3.05, 3.63) is 0 Å². The molecule has 2 atom stereocenters. The number of carbonyl (C=O) groups excluding carboxylic acids is 1. The van der Waals surface area contributed by atoms with E-state index in [0.29, 0.717) is 12.6 Å². The van der Waals surface area contributed by atoms with Crippen LogP contribution in [0.2, 0.25) is 0 Å². The number of rotatable bonds is 7. The molecular formula is C15H30N2O2. The van der Waals surface area contributed by atoms with Crippen LogP contribution in [0.3, 0.4) is 0 Å². The molecule has 0 radical (unpaired) electrons. The average Bonchev–Trinajstić information content (AvgIpc) is 2.82. The number of nitrogens with zero attached hydrogens (tertiary/aromatic N) is 1. The van der Waals surface area contributed by atoms with E-state index in [-0.39, 0.29) is 5.97 Å². The van der Waals surface area contributed by atoms with Crippen molar-refractivity contribution in [1.82, 2.24) is 10.2 Å². The van der Waals surface area contributed by atoms with Gasteiger partial charge >= 0.3 is 5.97 Å². The summed E-state index contributed by atoms with van der Waals surface area (Å²) >= 11 is 0. The first-order chi connectivity index (χ1) is 8.95. The molecule has 4 heteroatoms. The maximum absolute atomic E-state index is 12.1. The Morgan fingerprint density at radius 3 is 2.74 bits per heavy atom. The third-order valence-corrected chi connectivity index (χ3v) is 4.32. The summed E-state index contributed by atoms with van der Waals surface area (Å²) in [5.74, 6) is 0.639. The molecule has 1 aliphatic rings. The molecule has 0 aromatic carbocycles. The molecule has 1 aliphatic carbocycles. The van der Waals surface area contributed by atoms with Crippen LogP contribution in [0.15, 0.2) is 0 Å². The normalized spacial score (nSPS) is 27.2. The van der Waals surface area contributed by atoms with Crippen molar-refractivity contribution >= 4 is 5.97 Å². The smallest absolute Gasteiger partial charge is 0.326 e. The summed E-state index contributed by atoms with van der Waals surface area (Å²) in [5, 5.41) is 3.21. The molecule has 0 aromatic rings. The van der Waals surface area contributed by atoms with E-state index in [2.05, 4.69) is 31.1 Å². The molecule has 0 amide bonds. The fourth-order valence-electron chi connectivity index (χ4n) is 2.82. The van der Waals surface area contributed by atoms with Crippen molar-refractivity contribution in [2.24, 2.45) is 5.92 Å². The van der Waals surface area contributed by atoms with Crippen molar-refractivity contribution in [3.63, 3.8) is 0 Å². The van der Waals surface area contributed by atoms with E-state index in [4.69, 9.17) is 4.74 Å². The Balaban J connectivity index is 2.56. The molecule has 0 bridgehead atoms. The zero-order chi connectivity index (χ0) is 14.5. The molecule has 1 fully saturated rings. The molecule has 1 saturated carbocycles. The maximum Gasteiger partial charge on any atom is 0.326 e. The summed E-state index contributed by atoms with van der Waals surface area (Å²) < 4.78 is 5.23. The molecule has 0 aromatic heterocycles. The standard InChI is InChI=1S/C15H30N2O2/c1-6-19-14(18)15(16-4)9-7-13(11-15)17(5)10-8-12(2)3/h12-13,16H,6-11H2,1-5H3. The Hall–Kier alpha value is -0.610. The quantitative estimate of drug-likeness (QED) is 0.719. The lowest BCUT2D eigenvalue weighted by molar-refractivity contribution is -0.151. The second-order valence-electron chi connectivity index (χ2n) is 6.11. The Morgan fingerprint density at radius 1 is 1.53 bits per heavy atom. The average molecular weight is 270 g/mol. The van der Waals surface area contributed by atoms with E-state index in [1.165, 1.54) is 6.42 Å². The van der Waals surface area contributed by atoms with Gasteiger partial charge in [0.15, 0.2) is 0 Å². The van der Waals surface area contributed by atoms with Gasteiger partial charge in [-0.15, -0.1) is 0 Å². The largest absolute Gasteiger partial charge is 0.465 e. The summed E-state index contributed by atoms with van der Waals surface area (Å²) in [5.41, 5.74) is -0.466. The Labute approximate surface area is 117 Å². The minimum absolute atomic E-state index is 0.0859. The van der Waals surface area contributed by atoms with Gasteiger partial charge in [0.05, 0.1) is 6.61 Å². The zero-order valence-corrected chi connectivity index (χ0v) is 13.2. The van der Waals surface area contributed by atoms with E-state index in [9.17, 15) is 4.79 Å².